The molecule has 0 aliphatic carbocycles. The van der Waals surface area contributed by atoms with Crippen molar-refractivity contribution in [3.05, 3.63) is 30.1 Å². The molecule has 23 heavy (non-hydrogen) atoms. The summed E-state index contributed by atoms with van der Waals surface area (Å²) in [6.45, 7) is 5.84. The number of rotatable bonds is 2. The molecule has 1 aromatic heterocycles. The van der Waals surface area contributed by atoms with Crippen LogP contribution >= 0.6 is 0 Å². The summed E-state index contributed by atoms with van der Waals surface area (Å²) in [7, 11) is 0. The van der Waals surface area contributed by atoms with E-state index in [0.29, 0.717) is 17.0 Å². The number of hydrogen-bond donors (Lipinski definition) is 0. The lowest BCUT2D eigenvalue weighted by Crippen LogP contribution is -2.48. The van der Waals surface area contributed by atoms with Crippen LogP contribution in [-0.4, -0.2) is 66.1 Å². The van der Waals surface area contributed by atoms with Gasteiger partial charge in [-0.25, -0.2) is 0 Å². The number of pyridine rings is 1. The maximum atomic E-state index is 12.7. The largest absolute Gasteiger partial charge is 0.380 e. The number of nitrogens with zero attached hydrogens (tertiary/aromatic N) is 3. The first-order chi connectivity index (χ1) is 11.3. The summed E-state index contributed by atoms with van der Waals surface area (Å²) in [5.74, 6) is 0.139. The average Bonchev–Trinajstić information content (AvgIpc) is 3.25. The Morgan fingerprint density at radius 1 is 1.30 bits per heavy atom. The Kier molecular flexibility index (Phi) is 4.07. The van der Waals surface area contributed by atoms with Crippen LogP contribution in [0.1, 0.15) is 36.0 Å². The highest BCUT2D eigenvalue weighted by Crippen LogP contribution is 2.40. The van der Waals surface area contributed by atoms with E-state index >= 15 is 0 Å². The Hall–Kier alpha value is -1.46. The molecule has 3 aliphatic heterocycles. The predicted octanol–water partition coefficient (Wildman–Crippen LogP) is 1.80. The van der Waals surface area contributed by atoms with Crippen molar-refractivity contribution in [3.8, 4) is 0 Å². The van der Waals surface area contributed by atoms with Crippen molar-refractivity contribution < 1.29 is 9.53 Å². The molecule has 0 aromatic carbocycles. The first-order valence-corrected chi connectivity index (χ1v) is 8.77. The van der Waals surface area contributed by atoms with Crippen LogP contribution < -0.4 is 0 Å². The van der Waals surface area contributed by atoms with Crippen LogP contribution in [0.2, 0.25) is 0 Å². The molecule has 3 aliphatic rings. The zero-order valence-corrected chi connectivity index (χ0v) is 13.6. The molecule has 124 valence electrons. The smallest absolute Gasteiger partial charge is 0.255 e. The molecule has 1 amide bonds. The van der Waals surface area contributed by atoms with E-state index in [0.717, 1.165) is 52.2 Å². The molecule has 5 nitrogen and oxygen atoms in total. The zero-order chi connectivity index (χ0) is 15.7. The summed E-state index contributed by atoms with van der Waals surface area (Å²) in [4.78, 5) is 21.5. The third-order valence-corrected chi connectivity index (χ3v) is 5.75. The first kappa shape index (κ1) is 15.1. The van der Waals surface area contributed by atoms with E-state index in [1.54, 1.807) is 12.4 Å². The molecule has 5 heteroatoms. The lowest BCUT2D eigenvalue weighted by atomic mass is 9.79. The molecule has 4 heterocycles. The third kappa shape index (κ3) is 3.00. The number of piperidine rings is 1. The lowest BCUT2D eigenvalue weighted by Gasteiger charge is -2.41. The van der Waals surface area contributed by atoms with Crippen LogP contribution in [0.3, 0.4) is 0 Å². The molecule has 1 aromatic rings. The number of ether oxygens (including phenoxy) is 1. The topological polar surface area (TPSA) is 45.7 Å². The normalized spacial score (nSPS) is 31.8. The van der Waals surface area contributed by atoms with Crippen molar-refractivity contribution >= 4 is 5.91 Å². The number of aromatic nitrogens is 1. The fourth-order valence-electron chi connectivity index (χ4n) is 4.48. The molecular weight excluding hydrogens is 290 g/mol. The molecule has 2 atom stereocenters. The van der Waals surface area contributed by atoms with Crippen LogP contribution in [0.25, 0.3) is 0 Å². The summed E-state index contributed by atoms with van der Waals surface area (Å²) >= 11 is 0. The molecule has 0 radical (unpaired) electrons. The van der Waals surface area contributed by atoms with Gasteiger partial charge in [0, 0.05) is 50.1 Å². The number of carbonyl (C=O) groups excluding carboxylic acids is 1. The maximum absolute atomic E-state index is 12.7. The van der Waals surface area contributed by atoms with E-state index in [1.165, 1.54) is 12.8 Å². The summed E-state index contributed by atoms with van der Waals surface area (Å²) in [6.07, 6.45) is 8.12. The molecular formula is C18H25N3O2. The van der Waals surface area contributed by atoms with Crippen LogP contribution in [-0.2, 0) is 4.74 Å². The van der Waals surface area contributed by atoms with E-state index < -0.39 is 0 Å². The summed E-state index contributed by atoms with van der Waals surface area (Å²) in [6, 6.07) is 4.30. The van der Waals surface area contributed by atoms with Crippen molar-refractivity contribution in [2.45, 2.75) is 31.7 Å². The number of likely N-dealkylation sites (tertiary alicyclic amines) is 2. The van der Waals surface area contributed by atoms with E-state index in [4.69, 9.17) is 4.74 Å². The van der Waals surface area contributed by atoms with Crippen molar-refractivity contribution in [1.82, 2.24) is 14.8 Å². The minimum absolute atomic E-state index is 0.139. The summed E-state index contributed by atoms with van der Waals surface area (Å²) < 4.78 is 5.55. The van der Waals surface area contributed by atoms with Crippen molar-refractivity contribution in [1.29, 1.82) is 0 Å². The van der Waals surface area contributed by atoms with Gasteiger partial charge in [0.25, 0.3) is 5.91 Å². The van der Waals surface area contributed by atoms with Crippen molar-refractivity contribution in [2.75, 3.05) is 39.4 Å². The highest BCUT2D eigenvalue weighted by molar-refractivity contribution is 5.94. The van der Waals surface area contributed by atoms with E-state index in [9.17, 15) is 4.79 Å². The predicted molar refractivity (Wildman–Crippen MR) is 87.2 cm³/mol. The minimum atomic E-state index is 0.139. The van der Waals surface area contributed by atoms with Gasteiger partial charge in [-0.05, 0) is 44.4 Å². The number of amides is 1. The zero-order valence-electron chi connectivity index (χ0n) is 13.6. The Balaban J connectivity index is 1.44. The van der Waals surface area contributed by atoms with Gasteiger partial charge in [0.2, 0.25) is 0 Å². The second-order valence-electron chi connectivity index (χ2n) is 7.31. The van der Waals surface area contributed by atoms with Gasteiger partial charge in [0.1, 0.15) is 0 Å². The Morgan fingerprint density at radius 2 is 2.26 bits per heavy atom. The minimum Gasteiger partial charge on any atom is -0.380 e. The summed E-state index contributed by atoms with van der Waals surface area (Å²) in [5.41, 5.74) is 1.00. The fourth-order valence-corrected chi connectivity index (χ4v) is 4.48. The van der Waals surface area contributed by atoms with Crippen LogP contribution in [0.15, 0.2) is 24.5 Å². The van der Waals surface area contributed by atoms with E-state index in [1.807, 2.05) is 12.1 Å². The third-order valence-electron chi connectivity index (χ3n) is 5.75. The Labute approximate surface area is 137 Å². The molecule has 0 bridgehead atoms. The standard InChI is InChI=1S/C18H25N3O2/c22-17(15-3-1-7-19-11-15)21-8-2-5-18(14-21)6-9-20(13-18)16-4-10-23-12-16/h1,3,7,11,16H,2,4-6,8-10,12-14H2/t16-,18-/m1/s1. The highest BCUT2D eigenvalue weighted by atomic mass is 16.5. The van der Waals surface area contributed by atoms with Gasteiger partial charge in [0.15, 0.2) is 0 Å². The van der Waals surface area contributed by atoms with E-state index in [2.05, 4.69) is 14.8 Å². The second-order valence-corrected chi connectivity index (χ2v) is 7.31. The molecule has 4 rings (SSSR count). The fraction of sp³-hybridized carbons (Fsp3) is 0.667. The quantitative estimate of drug-likeness (QED) is 0.835. The van der Waals surface area contributed by atoms with Gasteiger partial charge < -0.3 is 9.64 Å². The average molecular weight is 315 g/mol. The monoisotopic (exact) mass is 315 g/mol. The van der Waals surface area contributed by atoms with Crippen molar-refractivity contribution in [3.63, 3.8) is 0 Å². The number of hydrogen-bond acceptors (Lipinski definition) is 4. The summed E-state index contributed by atoms with van der Waals surface area (Å²) in [5, 5.41) is 0. The Bertz CT molecular complexity index is 559. The molecule has 1 spiro atoms. The van der Waals surface area contributed by atoms with Gasteiger partial charge in [-0.3, -0.25) is 14.7 Å². The van der Waals surface area contributed by atoms with Gasteiger partial charge in [-0.15, -0.1) is 0 Å². The molecule has 0 saturated carbocycles. The van der Waals surface area contributed by atoms with Gasteiger partial charge in [0.05, 0.1) is 12.2 Å². The maximum Gasteiger partial charge on any atom is 0.255 e. The molecule has 3 saturated heterocycles. The van der Waals surface area contributed by atoms with Crippen LogP contribution in [0.4, 0.5) is 0 Å². The van der Waals surface area contributed by atoms with Gasteiger partial charge >= 0.3 is 0 Å². The molecule has 0 N–H and O–H groups in total. The van der Waals surface area contributed by atoms with E-state index in [-0.39, 0.29) is 5.91 Å². The Morgan fingerprint density at radius 3 is 3.04 bits per heavy atom. The van der Waals surface area contributed by atoms with Crippen molar-refractivity contribution in [2.24, 2.45) is 5.41 Å². The second kappa shape index (κ2) is 6.21. The molecule has 0 unspecified atom stereocenters. The molecule has 3 fully saturated rings. The SMILES string of the molecule is O=C(c1cccnc1)N1CCC[C@]2(CCN([C@@H]3CCOC3)C2)C1. The van der Waals surface area contributed by atoms with Crippen LogP contribution in [0, 0.1) is 5.41 Å². The number of carbonyl (C=O) groups is 1. The van der Waals surface area contributed by atoms with Gasteiger partial charge in [-0.2, -0.15) is 0 Å². The first-order valence-electron chi connectivity index (χ1n) is 8.77. The lowest BCUT2D eigenvalue weighted by molar-refractivity contribution is 0.0510. The van der Waals surface area contributed by atoms with Crippen LogP contribution in [0.5, 0.6) is 0 Å². The van der Waals surface area contributed by atoms with Gasteiger partial charge in [-0.1, -0.05) is 0 Å². The highest BCUT2D eigenvalue weighted by Gasteiger charge is 2.44.